The van der Waals surface area contributed by atoms with E-state index in [1.54, 1.807) is 0 Å². The molecule has 4 rings (SSSR count). The molecule has 0 aromatic carbocycles. The summed E-state index contributed by atoms with van der Waals surface area (Å²) in [5, 5.41) is 3.53. The van der Waals surface area contributed by atoms with E-state index in [4.69, 9.17) is 0 Å². The normalized spacial score (nSPS) is 18.0. The van der Waals surface area contributed by atoms with E-state index in [9.17, 15) is 0 Å². The van der Waals surface area contributed by atoms with Crippen LogP contribution in [-0.4, -0.2) is 92.2 Å². The fourth-order valence-corrected chi connectivity index (χ4v) is 3.98. The van der Waals surface area contributed by atoms with Gasteiger partial charge in [-0.2, -0.15) is 0 Å². The number of nitrogens with zero attached hydrogens (tertiary/aromatic N) is 7. The fraction of sp³-hybridized carbons (Fsp3) is 0.500. The van der Waals surface area contributed by atoms with Gasteiger partial charge in [0.05, 0.1) is 0 Å². The first-order valence-electron chi connectivity index (χ1n) is 10.7. The van der Waals surface area contributed by atoms with Gasteiger partial charge in [0.15, 0.2) is 5.96 Å². The maximum absolute atomic E-state index is 4.59. The number of nitrogens with one attached hydrogen (secondary N) is 1. The second-order valence-corrected chi connectivity index (χ2v) is 7.88. The molecule has 0 unspecified atom stereocenters. The Morgan fingerprint density at radius 2 is 1.58 bits per heavy atom. The molecule has 2 saturated heterocycles. The van der Waals surface area contributed by atoms with E-state index >= 15 is 0 Å². The Morgan fingerprint density at radius 1 is 0.903 bits per heavy atom. The Labute approximate surface area is 202 Å². The van der Waals surface area contributed by atoms with Crippen LogP contribution in [0.2, 0.25) is 0 Å². The molecule has 0 amide bonds. The summed E-state index contributed by atoms with van der Waals surface area (Å²) >= 11 is 0. The molecule has 2 aromatic rings. The molecule has 4 heterocycles. The number of likely N-dealkylation sites (N-methyl/N-ethyl adjacent to an activating group) is 1. The van der Waals surface area contributed by atoms with Crippen LogP contribution in [-0.2, 0) is 6.54 Å². The van der Waals surface area contributed by atoms with Gasteiger partial charge in [0, 0.05) is 78.3 Å². The van der Waals surface area contributed by atoms with Crippen molar-refractivity contribution in [2.24, 2.45) is 4.99 Å². The zero-order valence-corrected chi connectivity index (χ0v) is 20.8. The Kier molecular flexibility index (Phi) is 8.70. The molecule has 168 valence electrons. The largest absolute Gasteiger partial charge is 0.354 e. The minimum absolute atomic E-state index is 0. The first-order valence-corrected chi connectivity index (χ1v) is 10.7. The van der Waals surface area contributed by atoms with Crippen molar-refractivity contribution in [3.8, 4) is 0 Å². The quantitative estimate of drug-likeness (QED) is 0.363. The first kappa shape index (κ1) is 23.5. The lowest BCUT2D eigenvalue weighted by Crippen LogP contribution is -2.52. The van der Waals surface area contributed by atoms with Gasteiger partial charge in [-0.1, -0.05) is 6.07 Å². The highest BCUT2D eigenvalue weighted by atomic mass is 127. The topological polar surface area (TPSA) is 63.1 Å². The van der Waals surface area contributed by atoms with Gasteiger partial charge in [-0.15, -0.1) is 24.0 Å². The van der Waals surface area contributed by atoms with Gasteiger partial charge in [-0.3, -0.25) is 4.99 Å². The summed E-state index contributed by atoms with van der Waals surface area (Å²) in [6.07, 6.45) is 3.77. The molecule has 31 heavy (non-hydrogen) atoms. The number of piperazine rings is 2. The highest BCUT2D eigenvalue weighted by Crippen LogP contribution is 2.15. The van der Waals surface area contributed by atoms with Crippen LogP contribution in [0.5, 0.6) is 0 Å². The number of hydrogen-bond donors (Lipinski definition) is 1. The molecule has 9 heteroatoms. The first-order chi connectivity index (χ1) is 14.7. The van der Waals surface area contributed by atoms with E-state index in [0.717, 1.165) is 76.5 Å². The van der Waals surface area contributed by atoms with Crippen molar-refractivity contribution in [1.29, 1.82) is 0 Å². The predicted molar refractivity (Wildman–Crippen MR) is 138 cm³/mol. The minimum atomic E-state index is 0. The lowest BCUT2D eigenvalue weighted by Gasteiger charge is -2.37. The summed E-state index contributed by atoms with van der Waals surface area (Å²) in [6, 6.07) is 10.4. The Hall–Kier alpha value is -2.14. The molecule has 2 fully saturated rings. The van der Waals surface area contributed by atoms with Gasteiger partial charge >= 0.3 is 0 Å². The van der Waals surface area contributed by atoms with Crippen molar-refractivity contribution in [3.63, 3.8) is 0 Å². The van der Waals surface area contributed by atoms with Crippen molar-refractivity contribution in [3.05, 3.63) is 48.3 Å². The summed E-state index contributed by atoms with van der Waals surface area (Å²) < 4.78 is 0. The molecule has 0 aliphatic carbocycles. The number of guanidine groups is 1. The van der Waals surface area contributed by atoms with Gasteiger partial charge in [0.25, 0.3) is 0 Å². The number of aromatic nitrogens is 2. The second-order valence-electron chi connectivity index (χ2n) is 7.88. The number of halogens is 1. The van der Waals surface area contributed by atoms with E-state index in [-0.39, 0.29) is 24.0 Å². The van der Waals surface area contributed by atoms with Crippen LogP contribution in [0.25, 0.3) is 0 Å². The van der Waals surface area contributed by atoms with Crippen LogP contribution < -0.4 is 15.1 Å². The number of rotatable bonds is 4. The van der Waals surface area contributed by atoms with E-state index in [2.05, 4.69) is 65.1 Å². The molecule has 0 spiro atoms. The summed E-state index contributed by atoms with van der Waals surface area (Å²) in [4.78, 5) is 22.9. The number of aliphatic imine (C=N–C) groups is 1. The minimum Gasteiger partial charge on any atom is -0.354 e. The highest BCUT2D eigenvalue weighted by Gasteiger charge is 2.20. The maximum Gasteiger partial charge on any atom is 0.194 e. The third-order valence-electron chi connectivity index (χ3n) is 5.85. The van der Waals surface area contributed by atoms with Crippen molar-refractivity contribution in [2.45, 2.75) is 6.54 Å². The molecule has 0 saturated carbocycles. The number of pyridine rings is 2. The lowest BCUT2D eigenvalue weighted by molar-refractivity contribution is 0.312. The smallest absolute Gasteiger partial charge is 0.194 e. The molecule has 2 aromatic heterocycles. The third kappa shape index (κ3) is 6.19. The summed E-state index contributed by atoms with van der Waals surface area (Å²) in [5.41, 5.74) is 1.23. The molecule has 0 bridgehead atoms. The molecular formula is C22H33IN8. The zero-order valence-electron chi connectivity index (χ0n) is 18.4. The van der Waals surface area contributed by atoms with Crippen molar-refractivity contribution in [2.75, 3.05) is 76.3 Å². The second kappa shape index (κ2) is 11.5. The van der Waals surface area contributed by atoms with Crippen molar-refractivity contribution in [1.82, 2.24) is 25.1 Å². The molecule has 8 nitrogen and oxygen atoms in total. The third-order valence-corrected chi connectivity index (χ3v) is 5.85. The van der Waals surface area contributed by atoms with Gasteiger partial charge < -0.3 is 24.9 Å². The van der Waals surface area contributed by atoms with Gasteiger partial charge in [0.2, 0.25) is 0 Å². The molecule has 2 aliphatic heterocycles. The fourth-order valence-electron chi connectivity index (χ4n) is 3.98. The molecular weight excluding hydrogens is 503 g/mol. The Morgan fingerprint density at radius 3 is 2.26 bits per heavy atom. The van der Waals surface area contributed by atoms with Crippen LogP contribution in [0, 0.1) is 0 Å². The standard InChI is InChI=1S/C22H32N8.HI/c1-23-22(30-15-13-28(14-16-30)20-5-3-4-7-24-20)26-18-19-6-8-25-21(17-19)29-11-9-27(2)10-12-29;/h3-8,17H,9-16,18H2,1-2H3,(H,23,26);1H. The van der Waals surface area contributed by atoms with Gasteiger partial charge in [0.1, 0.15) is 11.6 Å². The number of anilines is 2. The van der Waals surface area contributed by atoms with Crippen LogP contribution in [0.1, 0.15) is 5.56 Å². The van der Waals surface area contributed by atoms with Gasteiger partial charge in [-0.05, 0) is 36.9 Å². The van der Waals surface area contributed by atoms with Crippen LogP contribution in [0.3, 0.4) is 0 Å². The average Bonchev–Trinajstić information content (AvgIpc) is 2.81. The molecule has 2 aliphatic rings. The average molecular weight is 536 g/mol. The summed E-state index contributed by atoms with van der Waals surface area (Å²) in [6.45, 7) is 8.73. The summed E-state index contributed by atoms with van der Waals surface area (Å²) in [7, 11) is 4.03. The predicted octanol–water partition coefficient (Wildman–Crippen LogP) is 1.74. The van der Waals surface area contributed by atoms with Gasteiger partial charge in [-0.25, -0.2) is 9.97 Å². The Bertz CT molecular complexity index is 830. The Balaban J connectivity index is 0.00000272. The highest BCUT2D eigenvalue weighted by molar-refractivity contribution is 14.0. The number of hydrogen-bond acceptors (Lipinski definition) is 6. The van der Waals surface area contributed by atoms with Crippen LogP contribution in [0.15, 0.2) is 47.7 Å². The molecule has 0 atom stereocenters. The van der Waals surface area contributed by atoms with E-state index < -0.39 is 0 Å². The van der Waals surface area contributed by atoms with Crippen molar-refractivity contribution >= 4 is 41.6 Å². The van der Waals surface area contributed by atoms with E-state index in [1.807, 2.05) is 31.6 Å². The summed E-state index contributed by atoms with van der Waals surface area (Å²) in [5.74, 6) is 3.07. The SMILES string of the molecule is CN=C(NCc1ccnc(N2CCN(C)CC2)c1)N1CCN(c2ccccn2)CC1.I. The maximum atomic E-state index is 4.59. The zero-order chi connectivity index (χ0) is 20.8. The molecule has 1 N–H and O–H groups in total. The van der Waals surface area contributed by atoms with Crippen LogP contribution in [0.4, 0.5) is 11.6 Å². The van der Waals surface area contributed by atoms with E-state index in [0.29, 0.717) is 0 Å². The van der Waals surface area contributed by atoms with E-state index in [1.165, 1.54) is 5.56 Å². The van der Waals surface area contributed by atoms with Crippen molar-refractivity contribution < 1.29 is 0 Å². The lowest BCUT2D eigenvalue weighted by atomic mass is 10.2. The molecule has 0 radical (unpaired) electrons. The van der Waals surface area contributed by atoms with Crippen LogP contribution >= 0.6 is 24.0 Å². The monoisotopic (exact) mass is 536 g/mol.